The van der Waals surface area contributed by atoms with Gasteiger partial charge in [-0.2, -0.15) is 0 Å². The molecule has 1 saturated heterocycles. The van der Waals surface area contributed by atoms with Crippen LogP contribution in [0.4, 0.5) is 0 Å². The van der Waals surface area contributed by atoms with Gasteiger partial charge in [0, 0.05) is 17.1 Å². The van der Waals surface area contributed by atoms with Gasteiger partial charge >= 0.3 is 0 Å². The molecular formula is C17H16BrCl2N3O. The number of hydrogen-bond donors (Lipinski definition) is 3. The van der Waals surface area contributed by atoms with Crippen LogP contribution in [-0.4, -0.2) is 11.9 Å². The highest BCUT2D eigenvalue weighted by Crippen LogP contribution is 2.24. The van der Waals surface area contributed by atoms with Gasteiger partial charge in [0.1, 0.15) is 6.04 Å². The average molecular weight is 429 g/mol. The minimum absolute atomic E-state index is 0.0480. The van der Waals surface area contributed by atoms with Crippen LogP contribution in [-0.2, 0) is 11.3 Å². The van der Waals surface area contributed by atoms with Crippen molar-refractivity contribution in [3.05, 3.63) is 68.1 Å². The zero-order valence-corrected chi connectivity index (χ0v) is 15.8. The van der Waals surface area contributed by atoms with Crippen LogP contribution in [0.3, 0.4) is 0 Å². The van der Waals surface area contributed by atoms with E-state index in [1.165, 1.54) is 0 Å². The summed E-state index contributed by atoms with van der Waals surface area (Å²) in [4.78, 5) is 12.3. The highest BCUT2D eigenvalue weighted by atomic mass is 79.9. The quantitative estimate of drug-likeness (QED) is 0.690. The van der Waals surface area contributed by atoms with Crippen LogP contribution in [0.15, 0.2) is 46.9 Å². The molecule has 1 aliphatic rings. The number of benzene rings is 2. The first kappa shape index (κ1) is 17.7. The average Bonchev–Trinajstić information content (AvgIpc) is 3.06. The Labute approximate surface area is 159 Å². The van der Waals surface area contributed by atoms with Gasteiger partial charge in [0.15, 0.2) is 0 Å². The summed E-state index contributed by atoms with van der Waals surface area (Å²) in [7, 11) is 0. The van der Waals surface area contributed by atoms with E-state index in [0.717, 1.165) is 15.6 Å². The van der Waals surface area contributed by atoms with Crippen molar-refractivity contribution in [3.8, 4) is 0 Å². The fraction of sp³-hybridized carbons (Fsp3) is 0.235. The molecule has 2 unspecified atom stereocenters. The SMILES string of the molecule is O=C(NCc1ccc(Cl)c(Cl)c1)C1CC(c2ccc(Br)cc2)NN1. The van der Waals surface area contributed by atoms with E-state index in [9.17, 15) is 4.79 Å². The van der Waals surface area contributed by atoms with Crippen molar-refractivity contribution in [1.29, 1.82) is 0 Å². The van der Waals surface area contributed by atoms with Gasteiger partial charge in [0.2, 0.25) is 5.91 Å². The van der Waals surface area contributed by atoms with Gasteiger partial charge < -0.3 is 5.32 Å². The van der Waals surface area contributed by atoms with Crippen molar-refractivity contribution >= 4 is 45.0 Å². The van der Waals surface area contributed by atoms with Crippen LogP contribution in [0.2, 0.25) is 10.0 Å². The first-order valence-corrected chi connectivity index (χ1v) is 9.06. The summed E-state index contributed by atoms with van der Waals surface area (Å²) < 4.78 is 1.04. The largest absolute Gasteiger partial charge is 0.351 e. The molecular weight excluding hydrogens is 413 g/mol. The van der Waals surface area contributed by atoms with Crippen molar-refractivity contribution in [1.82, 2.24) is 16.2 Å². The van der Waals surface area contributed by atoms with Crippen molar-refractivity contribution in [2.45, 2.75) is 25.0 Å². The van der Waals surface area contributed by atoms with Gasteiger partial charge in [0.25, 0.3) is 0 Å². The topological polar surface area (TPSA) is 53.2 Å². The number of nitrogens with one attached hydrogen (secondary N) is 3. The van der Waals surface area contributed by atoms with Crippen LogP contribution >= 0.6 is 39.1 Å². The monoisotopic (exact) mass is 427 g/mol. The predicted octanol–water partition coefficient (Wildman–Crippen LogP) is 3.98. The second-order valence-corrected chi connectivity index (χ2v) is 7.38. The molecule has 7 heteroatoms. The Morgan fingerprint density at radius 3 is 2.58 bits per heavy atom. The number of carbonyl (C=O) groups excluding carboxylic acids is 1. The lowest BCUT2D eigenvalue weighted by Gasteiger charge is -2.11. The number of carbonyl (C=O) groups is 1. The molecule has 0 radical (unpaired) electrons. The summed E-state index contributed by atoms with van der Waals surface area (Å²) in [5, 5.41) is 3.91. The number of hydrazine groups is 1. The van der Waals surface area contributed by atoms with Gasteiger partial charge in [-0.15, -0.1) is 0 Å². The van der Waals surface area contributed by atoms with E-state index in [1.54, 1.807) is 12.1 Å². The van der Waals surface area contributed by atoms with E-state index >= 15 is 0 Å². The molecule has 1 aliphatic heterocycles. The zero-order chi connectivity index (χ0) is 17.1. The summed E-state index contributed by atoms with van der Waals surface area (Å²) in [5.41, 5.74) is 8.28. The molecule has 2 aromatic rings. The van der Waals surface area contributed by atoms with Gasteiger partial charge in [-0.3, -0.25) is 4.79 Å². The van der Waals surface area contributed by atoms with E-state index < -0.39 is 0 Å². The summed E-state index contributed by atoms with van der Waals surface area (Å²) in [6.45, 7) is 0.414. The smallest absolute Gasteiger partial charge is 0.238 e. The Hall–Kier alpha value is -1.11. The molecule has 0 aliphatic carbocycles. The number of amides is 1. The molecule has 2 aromatic carbocycles. The van der Waals surface area contributed by atoms with Crippen LogP contribution in [0.5, 0.6) is 0 Å². The Morgan fingerprint density at radius 1 is 1.12 bits per heavy atom. The normalized spacial score (nSPS) is 20.1. The third kappa shape index (κ3) is 4.29. The molecule has 1 amide bonds. The van der Waals surface area contributed by atoms with E-state index in [-0.39, 0.29) is 18.0 Å². The van der Waals surface area contributed by atoms with Crippen LogP contribution in [0.1, 0.15) is 23.6 Å². The van der Waals surface area contributed by atoms with Crippen molar-refractivity contribution in [2.75, 3.05) is 0 Å². The van der Waals surface area contributed by atoms with E-state index in [2.05, 4.69) is 32.1 Å². The molecule has 3 N–H and O–H groups in total. The highest BCUT2D eigenvalue weighted by molar-refractivity contribution is 9.10. The fourth-order valence-corrected chi connectivity index (χ4v) is 3.19. The first-order valence-electron chi connectivity index (χ1n) is 7.51. The number of hydrogen-bond acceptors (Lipinski definition) is 3. The predicted molar refractivity (Wildman–Crippen MR) is 99.9 cm³/mol. The molecule has 126 valence electrons. The summed E-state index contributed by atoms with van der Waals surface area (Å²) in [5.74, 6) is -0.0480. The molecule has 24 heavy (non-hydrogen) atoms. The lowest BCUT2D eigenvalue weighted by Crippen LogP contribution is -2.42. The highest BCUT2D eigenvalue weighted by Gasteiger charge is 2.29. The van der Waals surface area contributed by atoms with Gasteiger partial charge in [0.05, 0.1) is 10.0 Å². The minimum Gasteiger partial charge on any atom is -0.351 e. The van der Waals surface area contributed by atoms with Gasteiger partial charge in [-0.05, 0) is 41.8 Å². The fourth-order valence-electron chi connectivity index (χ4n) is 2.60. The summed E-state index contributed by atoms with van der Waals surface area (Å²) in [6, 6.07) is 13.2. The molecule has 0 bridgehead atoms. The molecule has 2 atom stereocenters. The zero-order valence-electron chi connectivity index (χ0n) is 12.7. The van der Waals surface area contributed by atoms with Crippen LogP contribution in [0.25, 0.3) is 0 Å². The van der Waals surface area contributed by atoms with Gasteiger partial charge in [-0.25, -0.2) is 10.9 Å². The lowest BCUT2D eigenvalue weighted by molar-refractivity contribution is -0.123. The molecule has 0 aromatic heterocycles. The lowest BCUT2D eigenvalue weighted by atomic mass is 10.0. The second kappa shape index (κ2) is 7.85. The second-order valence-electron chi connectivity index (χ2n) is 5.65. The van der Waals surface area contributed by atoms with Crippen LogP contribution < -0.4 is 16.2 Å². The van der Waals surface area contributed by atoms with E-state index in [4.69, 9.17) is 23.2 Å². The molecule has 0 spiro atoms. The number of halogens is 3. The van der Waals surface area contributed by atoms with Gasteiger partial charge in [-0.1, -0.05) is 57.3 Å². The molecule has 3 rings (SSSR count). The van der Waals surface area contributed by atoms with Crippen molar-refractivity contribution in [3.63, 3.8) is 0 Å². The molecule has 4 nitrogen and oxygen atoms in total. The molecule has 1 heterocycles. The maximum atomic E-state index is 12.3. The first-order chi connectivity index (χ1) is 11.5. The molecule has 0 saturated carbocycles. The maximum absolute atomic E-state index is 12.3. The standard InChI is InChI=1S/C17H16BrCl2N3O/c18-12-4-2-11(3-5-12)15-8-16(23-22-15)17(24)21-9-10-1-6-13(19)14(20)7-10/h1-7,15-16,22-23H,8-9H2,(H,21,24). The Morgan fingerprint density at radius 2 is 1.88 bits per heavy atom. The van der Waals surface area contributed by atoms with Crippen molar-refractivity contribution in [2.24, 2.45) is 0 Å². The van der Waals surface area contributed by atoms with Crippen LogP contribution in [0, 0.1) is 0 Å². The number of rotatable bonds is 4. The Balaban J connectivity index is 1.54. The molecule has 1 fully saturated rings. The minimum atomic E-state index is -0.276. The maximum Gasteiger partial charge on any atom is 0.238 e. The summed E-state index contributed by atoms with van der Waals surface area (Å²) >= 11 is 15.3. The Kier molecular flexibility index (Phi) is 5.79. The Bertz CT molecular complexity index is 739. The summed E-state index contributed by atoms with van der Waals surface area (Å²) in [6.07, 6.45) is 0.689. The third-order valence-corrected chi connectivity index (χ3v) is 5.21. The van der Waals surface area contributed by atoms with Crippen molar-refractivity contribution < 1.29 is 4.79 Å². The van der Waals surface area contributed by atoms with E-state index in [1.807, 2.05) is 30.3 Å². The van der Waals surface area contributed by atoms with E-state index in [0.29, 0.717) is 23.0 Å². The third-order valence-electron chi connectivity index (χ3n) is 3.94.